The van der Waals surface area contributed by atoms with Gasteiger partial charge in [0.2, 0.25) is 0 Å². The first-order valence-corrected chi connectivity index (χ1v) is 5.58. The van der Waals surface area contributed by atoms with Gasteiger partial charge in [-0.15, -0.1) is 0 Å². The third kappa shape index (κ3) is 1.60. The zero-order chi connectivity index (χ0) is 11.0. The molecule has 1 fully saturated rings. The van der Waals surface area contributed by atoms with E-state index < -0.39 is 0 Å². The smallest absolute Gasteiger partial charge is 0.137 e. The second kappa shape index (κ2) is 3.88. The van der Waals surface area contributed by atoms with Gasteiger partial charge in [-0.2, -0.15) is 0 Å². The lowest BCUT2D eigenvalue weighted by molar-refractivity contribution is -0.00595. The number of imidazole rings is 1. The molecular formula is C12H15N3O. The van der Waals surface area contributed by atoms with Crippen molar-refractivity contribution in [2.24, 2.45) is 0 Å². The van der Waals surface area contributed by atoms with E-state index in [4.69, 9.17) is 4.74 Å². The molecule has 2 aromatic heterocycles. The molecule has 3 rings (SSSR count). The predicted molar refractivity (Wildman–Crippen MR) is 61.4 cm³/mol. The van der Waals surface area contributed by atoms with Crippen LogP contribution in [0.15, 0.2) is 24.4 Å². The number of nitrogens with one attached hydrogen (secondary N) is 1. The standard InChI is InChI=1S/C12H15N3O/c1-9-11(6-13-10-7-16-8-10)15-5-3-2-4-12(15)14-9/h2-5,10,13H,6-8H2,1H3. The van der Waals surface area contributed by atoms with Crippen LogP contribution in [0.4, 0.5) is 0 Å². The summed E-state index contributed by atoms with van der Waals surface area (Å²) in [6.07, 6.45) is 2.06. The molecule has 0 saturated carbocycles. The van der Waals surface area contributed by atoms with Crippen molar-refractivity contribution in [1.82, 2.24) is 14.7 Å². The van der Waals surface area contributed by atoms with Crippen LogP contribution in [-0.2, 0) is 11.3 Å². The number of ether oxygens (including phenoxy) is 1. The van der Waals surface area contributed by atoms with Crippen molar-refractivity contribution in [2.45, 2.75) is 19.5 Å². The number of pyridine rings is 1. The van der Waals surface area contributed by atoms with Crippen molar-refractivity contribution in [3.63, 3.8) is 0 Å². The molecule has 0 bridgehead atoms. The zero-order valence-corrected chi connectivity index (χ0v) is 9.31. The quantitative estimate of drug-likeness (QED) is 0.837. The minimum atomic E-state index is 0.508. The van der Waals surface area contributed by atoms with Gasteiger partial charge in [0.1, 0.15) is 5.65 Å². The highest BCUT2D eigenvalue weighted by Crippen LogP contribution is 2.12. The number of aromatic nitrogens is 2. The second-order valence-electron chi connectivity index (χ2n) is 4.19. The van der Waals surface area contributed by atoms with E-state index >= 15 is 0 Å². The Morgan fingerprint density at radius 3 is 3.12 bits per heavy atom. The van der Waals surface area contributed by atoms with Gasteiger partial charge >= 0.3 is 0 Å². The normalized spacial score (nSPS) is 16.6. The molecule has 0 radical (unpaired) electrons. The van der Waals surface area contributed by atoms with Crippen molar-refractivity contribution in [3.8, 4) is 0 Å². The average Bonchev–Trinajstić information content (AvgIpc) is 2.53. The molecule has 4 nitrogen and oxygen atoms in total. The van der Waals surface area contributed by atoms with Crippen molar-refractivity contribution in [2.75, 3.05) is 13.2 Å². The molecule has 0 spiro atoms. The summed E-state index contributed by atoms with van der Waals surface area (Å²) in [4.78, 5) is 4.53. The van der Waals surface area contributed by atoms with Crippen LogP contribution < -0.4 is 5.32 Å². The molecule has 1 aliphatic heterocycles. The fourth-order valence-electron chi connectivity index (χ4n) is 1.97. The Kier molecular flexibility index (Phi) is 2.38. The first-order chi connectivity index (χ1) is 7.84. The van der Waals surface area contributed by atoms with Gasteiger partial charge in [-0.3, -0.25) is 0 Å². The molecule has 4 heteroatoms. The summed E-state index contributed by atoms with van der Waals surface area (Å²) in [5.41, 5.74) is 3.35. The fourth-order valence-corrected chi connectivity index (χ4v) is 1.97. The monoisotopic (exact) mass is 217 g/mol. The first-order valence-electron chi connectivity index (χ1n) is 5.58. The minimum Gasteiger partial charge on any atom is -0.378 e. The number of rotatable bonds is 3. The minimum absolute atomic E-state index is 0.508. The highest BCUT2D eigenvalue weighted by molar-refractivity contribution is 5.42. The van der Waals surface area contributed by atoms with Crippen LogP contribution in [0.25, 0.3) is 5.65 Å². The van der Waals surface area contributed by atoms with Crippen LogP contribution in [0.1, 0.15) is 11.4 Å². The van der Waals surface area contributed by atoms with Crippen molar-refractivity contribution in [1.29, 1.82) is 0 Å². The lowest BCUT2D eigenvalue weighted by Gasteiger charge is -2.26. The molecule has 1 N–H and O–H groups in total. The molecular weight excluding hydrogens is 202 g/mol. The van der Waals surface area contributed by atoms with E-state index in [9.17, 15) is 0 Å². The molecule has 84 valence electrons. The van der Waals surface area contributed by atoms with Gasteiger partial charge in [-0.1, -0.05) is 6.07 Å². The van der Waals surface area contributed by atoms with Crippen LogP contribution in [0.5, 0.6) is 0 Å². The van der Waals surface area contributed by atoms with E-state index in [1.165, 1.54) is 5.69 Å². The molecule has 0 atom stereocenters. The molecule has 2 aromatic rings. The highest BCUT2D eigenvalue weighted by atomic mass is 16.5. The molecule has 0 amide bonds. The topological polar surface area (TPSA) is 38.6 Å². The van der Waals surface area contributed by atoms with Crippen molar-refractivity contribution in [3.05, 3.63) is 35.8 Å². The Morgan fingerprint density at radius 2 is 2.38 bits per heavy atom. The molecule has 1 saturated heterocycles. The fraction of sp³-hybridized carbons (Fsp3) is 0.417. The Morgan fingerprint density at radius 1 is 1.50 bits per heavy atom. The molecule has 1 aliphatic rings. The number of fused-ring (bicyclic) bond motifs is 1. The summed E-state index contributed by atoms with van der Waals surface area (Å²) >= 11 is 0. The van der Waals surface area contributed by atoms with E-state index in [0.717, 1.165) is 31.1 Å². The van der Waals surface area contributed by atoms with Gasteiger partial charge in [0.05, 0.1) is 30.6 Å². The highest BCUT2D eigenvalue weighted by Gasteiger charge is 2.18. The molecule has 0 aromatic carbocycles. The van der Waals surface area contributed by atoms with Crippen LogP contribution in [0.3, 0.4) is 0 Å². The third-order valence-corrected chi connectivity index (χ3v) is 3.03. The zero-order valence-electron chi connectivity index (χ0n) is 9.31. The summed E-state index contributed by atoms with van der Waals surface area (Å²) < 4.78 is 7.28. The molecule has 3 heterocycles. The Bertz CT molecular complexity index is 502. The summed E-state index contributed by atoms with van der Waals surface area (Å²) in [5, 5.41) is 3.47. The summed E-state index contributed by atoms with van der Waals surface area (Å²) in [6.45, 7) is 4.57. The second-order valence-corrected chi connectivity index (χ2v) is 4.19. The van der Waals surface area contributed by atoms with Gasteiger partial charge < -0.3 is 14.5 Å². The van der Waals surface area contributed by atoms with Crippen molar-refractivity contribution < 1.29 is 4.74 Å². The van der Waals surface area contributed by atoms with Crippen LogP contribution in [-0.4, -0.2) is 28.6 Å². The van der Waals surface area contributed by atoms with E-state index in [2.05, 4.69) is 27.8 Å². The maximum atomic E-state index is 5.14. The van der Waals surface area contributed by atoms with Gasteiger partial charge in [0, 0.05) is 12.7 Å². The van der Waals surface area contributed by atoms with Gasteiger partial charge in [-0.05, 0) is 19.1 Å². The molecule has 0 aliphatic carbocycles. The van der Waals surface area contributed by atoms with Gasteiger partial charge in [-0.25, -0.2) is 4.98 Å². The third-order valence-electron chi connectivity index (χ3n) is 3.03. The van der Waals surface area contributed by atoms with E-state index in [-0.39, 0.29) is 0 Å². The number of aryl methyl sites for hydroxylation is 1. The summed E-state index contributed by atoms with van der Waals surface area (Å²) in [7, 11) is 0. The lowest BCUT2D eigenvalue weighted by Crippen LogP contribution is -2.45. The van der Waals surface area contributed by atoms with Gasteiger partial charge in [0.15, 0.2) is 0 Å². The van der Waals surface area contributed by atoms with E-state index in [1.54, 1.807) is 0 Å². The largest absolute Gasteiger partial charge is 0.378 e. The molecule has 16 heavy (non-hydrogen) atoms. The predicted octanol–water partition coefficient (Wildman–Crippen LogP) is 1.13. The Labute approximate surface area is 94.3 Å². The molecule has 0 unspecified atom stereocenters. The van der Waals surface area contributed by atoms with Crippen LogP contribution >= 0.6 is 0 Å². The first kappa shape index (κ1) is 9.81. The number of nitrogens with zero attached hydrogens (tertiary/aromatic N) is 2. The lowest BCUT2D eigenvalue weighted by atomic mass is 10.2. The maximum Gasteiger partial charge on any atom is 0.137 e. The van der Waals surface area contributed by atoms with E-state index in [0.29, 0.717) is 6.04 Å². The summed E-state index contributed by atoms with van der Waals surface area (Å²) in [5.74, 6) is 0. The SMILES string of the molecule is Cc1nc2ccccn2c1CNC1COC1. The van der Waals surface area contributed by atoms with Crippen LogP contribution in [0.2, 0.25) is 0 Å². The van der Waals surface area contributed by atoms with Gasteiger partial charge in [0.25, 0.3) is 0 Å². The maximum absolute atomic E-state index is 5.14. The number of hydrogen-bond acceptors (Lipinski definition) is 3. The van der Waals surface area contributed by atoms with E-state index in [1.807, 2.05) is 18.2 Å². The Hall–Kier alpha value is -1.39. The van der Waals surface area contributed by atoms with Crippen LogP contribution in [0, 0.1) is 6.92 Å². The summed E-state index contributed by atoms with van der Waals surface area (Å²) in [6, 6.07) is 6.58. The Balaban J connectivity index is 1.86. The average molecular weight is 217 g/mol. The number of hydrogen-bond donors (Lipinski definition) is 1. The van der Waals surface area contributed by atoms with Crippen molar-refractivity contribution >= 4 is 5.65 Å².